The molecule has 0 aromatic heterocycles. The molecule has 5 nitrogen and oxygen atoms in total. The fourth-order valence-electron chi connectivity index (χ4n) is 2.87. The minimum Gasteiger partial charge on any atom is -0.338 e. The lowest BCUT2D eigenvalue weighted by atomic mass is 10.0. The summed E-state index contributed by atoms with van der Waals surface area (Å²) in [5.74, 6) is 0.881. The first-order chi connectivity index (χ1) is 12.4. The van der Waals surface area contributed by atoms with Gasteiger partial charge in [-0.2, -0.15) is 5.10 Å². The predicted octanol–water partition coefficient (Wildman–Crippen LogP) is 4.85. The first-order valence-corrected chi connectivity index (χ1v) is 9.56. The van der Waals surface area contributed by atoms with Crippen molar-refractivity contribution in [3.63, 3.8) is 0 Å². The van der Waals surface area contributed by atoms with Crippen LogP contribution in [-0.4, -0.2) is 47.8 Å². The molecule has 1 aromatic rings. The lowest BCUT2D eigenvalue weighted by Crippen LogP contribution is -2.52. The molecule has 3 rings (SSSR count). The van der Waals surface area contributed by atoms with Gasteiger partial charge < -0.3 is 10.2 Å². The third-order valence-electron chi connectivity index (χ3n) is 4.02. The molecule has 0 bridgehead atoms. The van der Waals surface area contributed by atoms with E-state index in [1.54, 1.807) is 6.08 Å². The van der Waals surface area contributed by atoms with Gasteiger partial charge in [0, 0.05) is 37.5 Å². The molecule has 1 N–H and O–H groups in total. The monoisotopic (exact) mass is 395 g/mol. The Hall–Kier alpha value is -1.56. The highest BCUT2D eigenvalue weighted by molar-refractivity contribution is 6.42. The number of allylic oxidation sites excluding steroid dienone is 1. The summed E-state index contributed by atoms with van der Waals surface area (Å²) in [6.07, 6.45) is 1.75. The normalized spacial score (nSPS) is 19.0. The number of piperazine rings is 1. The van der Waals surface area contributed by atoms with E-state index in [4.69, 9.17) is 33.3 Å². The molecular formula is C19H27Cl2N5. The number of nitrogens with one attached hydrogen (secondary N) is 1. The molecule has 0 saturated carbocycles. The molecule has 2 heterocycles. The number of fused-ring (bicyclic) bond motifs is 1. The van der Waals surface area contributed by atoms with Gasteiger partial charge in [0.05, 0.1) is 21.8 Å². The summed E-state index contributed by atoms with van der Waals surface area (Å²) in [4.78, 5) is 7.12. The van der Waals surface area contributed by atoms with E-state index in [0.717, 1.165) is 49.1 Å². The number of halogens is 2. The number of rotatable bonds is 1. The Balaban J connectivity index is 0.000000758. The number of hydrogen-bond donors (Lipinski definition) is 1. The van der Waals surface area contributed by atoms with Crippen LogP contribution >= 0.6 is 23.2 Å². The number of guanidine groups is 1. The van der Waals surface area contributed by atoms with Crippen LogP contribution in [0.15, 0.2) is 34.9 Å². The van der Waals surface area contributed by atoms with E-state index in [1.807, 2.05) is 37.9 Å². The SMILES string of the molecule is C=CC.CC(C)=NN1C(N2CCNCC2)=Nc2cc(Cl)c(Cl)cc2C1C. The maximum absolute atomic E-state index is 6.20. The quantitative estimate of drug-likeness (QED) is 0.545. The smallest absolute Gasteiger partial charge is 0.223 e. The third kappa shape index (κ3) is 4.78. The summed E-state index contributed by atoms with van der Waals surface area (Å²) in [6, 6.07) is 3.80. The molecule has 1 fully saturated rings. The number of benzene rings is 1. The van der Waals surface area contributed by atoms with Crippen molar-refractivity contribution in [3.8, 4) is 0 Å². The predicted molar refractivity (Wildman–Crippen MR) is 113 cm³/mol. The Labute approximate surface area is 166 Å². The van der Waals surface area contributed by atoms with Crippen molar-refractivity contribution in [1.29, 1.82) is 0 Å². The van der Waals surface area contributed by atoms with E-state index in [1.165, 1.54) is 0 Å². The van der Waals surface area contributed by atoms with Gasteiger partial charge in [-0.25, -0.2) is 10.0 Å². The van der Waals surface area contributed by atoms with E-state index >= 15 is 0 Å². The summed E-state index contributed by atoms with van der Waals surface area (Å²) in [6.45, 7) is 15.1. The Morgan fingerprint density at radius 3 is 2.42 bits per heavy atom. The van der Waals surface area contributed by atoms with Crippen LogP contribution in [0.4, 0.5) is 5.69 Å². The molecule has 1 unspecified atom stereocenters. The first kappa shape index (κ1) is 20.7. The van der Waals surface area contributed by atoms with Crippen molar-refractivity contribution in [2.75, 3.05) is 26.2 Å². The number of aliphatic imine (C=N–C) groups is 1. The zero-order chi connectivity index (χ0) is 19.3. The van der Waals surface area contributed by atoms with Gasteiger partial charge in [0.1, 0.15) is 0 Å². The summed E-state index contributed by atoms with van der Waals surface area (Å²) in [7, 11) is 0. The summed E-state index contributed by atoms with van der Waals surface area (Å²) >= 11 is 12.4. The molecule has 26 heavy (non-hydrogen) atoms. The minimum absolute atomic E-state index is 0.0528. The van der Waals surface area contributed by atoms with Gasteiger partial charge >= 0.3 is 0 Å². The van der Waals surface area contributed by atoms with Crippen LogP contribution in [0.25, 0.3) is 0 Å². The Kier molecular flexibility index (Phi) is 7.50. The van der Waals surface area contributed by atoms with E-state index in [-0.39, 0.29) is 6.04 Å². The van der Waals surface area contributed by atoms with Gasteiger partial charge in [0.25, 0.3) is 0 Å². The van der Waals surface area contributed by atoms with Crippen LogP contribution in [0, 0.1) is 0 Å². The van der Waals surface area contributed by atoms with Crippen molar-refractivity contribution in [3.05, 3.63) is 40.4 Å². The van der Waals surface area contributed by atoms with Crippen LogP contribution in [0.1, 0.15) is 39.3 Å². The summed E-state index contributed by atoms with van der Waals surface area (Å²) < 4.78 is 0. The highest BCUT2D eigenvalue weighted by atomic mass is 35.5. The molecule has 2 aliphatic rings. The molecule has 1 aromatic carbocycles. The van der Waals surface area contributed by atoms with Crippen molar-refractivity contribution in [1.82, 2.24) is 15.2 Å². The molecule has 2 aliphatic heterocycles. The largest absolute Gasteiger partial charge is 0.338 e. The Morgan fingerprint density at radius 2 is 1.85 bits per heavy atom. The maximum atomic E-state index is 6.20. The molecule has 142 valence electrons. The molecular weight excluding hydrogens is 369 g/mol. The van der Waals surface area contributed by atoms with Crippen molar-refractivity contribution in [2.45, 2.75) is 33.7 Å². The second kappa shape index (κ2) is 9.40. The molecule has 0 spiro atoms. The van der Waals surface area contributed by atoms with Crippen molar-refractivity contribution in [2.24, 2.45) is 10.1 Å². The number of hydrazone groups is 1. The second-order valence-corrected chi connectivity index (χ2v) is 7.26. The number of nitrogens with zero attached hydrogens (tertiary/aromatic N) is 4. The Morgan fingerprint density at radius 1 is 1.27 bits per heavy atom. The van der Waals surface area contributed by atoms with Crippen LogP contribution in [0.3, 0.4) is 0 Å². The summed E-state index contributed by atoms with van der Waals surface area (Å²) in [5.41, 5.74) is 2.91. The standard InChI is InChI=1S/C16H21Cl2N5.C3H6/c1-10(2)21-23-11(3)12-8-13(17)14(18)9-15(12)20-16(23)22-6-4-19-5-7-22;1-3-2/h8-9,11,19H,4-7H2,1-3H3;3H,1H2,2H3. The lowest BCUT2D eigenvalue weighted by molar-refractivity contribution is 0.258. The van der Waals surface area contributed by atoms with Crippen LogP contribution in [0.2, 0.25) is 10.0 Å². The van der Waals surface area contributed by atoms with Crippen LogP contribution in [0.5, 0.6) is 0 Å². The van der Waals surface area contributed by atoms with Gasteiger partial charge in [-0.1, -0.05) is 29.3 Å². The Bertz CT molecular complexity index is 704. The highest BCUT2D eigenvalue weighted by Crippen LogP contribution is 2.40. The first-order valence-electron chi connectivity index (χ1n) is 8.80. The fraction of sp³-hybridized carbons (Fsp3) is 0.474. The van der Waals surface area contributed by atoms with Crippen molar-refractivity contribution >= 4 is 40.6 Å². The highest BCUT2D eigenvalue weighted by Gasteiger charge is 2.31. The molecule has 0 aliphatic carbocycles. The average molecular weight is 396 g/mol. The van der Waals surface area contributed by atoms with E-state index in [0.29, 0.717) is 10.0 Å². The third-order valence-corrected chi connectivity index (χ3v) is 4.74. The average Bonchev–Trinajstić information content (AvgIpc) is 2.60. The van der Waals surface area contributed by atoms with Crippen molar-refractivity contribution < 1.29 is 0 Å². The van der Waals surface area contributed by atoms with Crippen LogP contribution in [-0.2, 0) is 0 Å². The lowest BCUT2D eigenvalue weighted by Gasteiger charge is -2.39. The van der Waals surface area contributed by atoms with Gasteiger partial charge in [-0.05, 0) is 39.8 Å². The molecule has 1 saturated heterocycles. The van der Waals surface area contributed by atoms with Gasteiger partial charge in [0.2, 0.25) is 5.96 Å². The molecule has 7 heteroatoms. The topological polar surface area (TPSA) is 43.2 Å². The zero-order valence-electron chi connectivity index (χ0n) is 15.9. The van der Waals surface area contributed by atoms with E-state index < -0.39 is 0 Å². The second-order valence-electron chi connectivity index (χ2n) is 6.45. The maximum Gasteiger partial charge on any atom is 0.223 e. The molecule has 0 radical (unpaired) electrons. The molecule has 1 atom stereocenters. The van der Waals surface area contributed by atoms with Crippen LogP contribution < -0.4 is 5.32 Å². The van der Waals surface area contributed by atoms with E-state index in [9.17, 15) is 0 Å². The zero-order valence-corrected chi connectivity index (χ0v) is 17.4. The van der Waals surface area contributed by atoms with Gasteiger partial charge in [-0.15, -0.1) is 6.58 Å². The fourth-order valence-corrected chi connectivity index (χ4v) is 3.20. The van der Waals surface area contributed by atoms with E-state index in [2.05, 4.69) is 23.7 Å². The van der Waals surface area contributed by atoms with Gasteiger partial charge in [0.15, 0.2) is 0 Å². The minimum atomic E-state index is 0.0528. The number of hydrogen-bond acceptors (Lipinski definition) is 5. The molecule has 0 amide bonds. The van der Waals surface area contributed by atoms with Gasteiger partial charge in [-0.3, -0.25) is 0 Å². The summed E-state index contributed by atoms with van der Waals surface area (Å²) in [5, 5.41) is 11.1.